The van der Waals surface area contributed by atoms with Crippen LogP contribution in [0.15, 0.2) is 58.8 Å². The van der Waals surface area contributed by atoms with Gasteiger partial charge in [0.15, 0.2) is 15.0 Å². The predicted molar refractivity (Wildman–Crippen MR) is 103 cm³/mol. The molecule has 0 saturated carbocycles. The third-order valence-corrected chi connectivity index (χ3v) is 5.52. The summed E-state index contributed by atoms with van der Waals surface area (Å²) >= 11 is 1.26. The molecule has 0 aliphatic carbocycles. The zero-order valence-corrected chi connectivity index (χ0v) is 15.9. The Bertz CT molecular complexity index is 1050. The summed E-state index contributed by atoms with van der Waals surface area (Å²) in [5.41, 5.74) is 1.71. The first-order valence-electron chi connectivity index (χ1n) is 7.86. The number of anilines is 2. The Kier molecular flexibility index (Phi) is 5.52. The van der Waals surface area contributed by atoms with Crippen LogP contribution in [-0.4, -0.2) is 25.6 Å². The number of amides is 1. The van der Waals surface area contributed by atoms with Gasteiger partial charge in [0, 0.05) is 23.9 Å². The highest BCUT2D eigenvalue weighted by Crippen LogP contribution is 2.22. The molecule has 0 fully saturated rings. The van der Waals surface area contributed by atoms with E-state index in [-0.39, 0.29) is 28.9 Å². The number of hydrogen-bond donors (Lipinski definition) is 2. The molecule has 6 nitrogen and oxygen atoms in total. The van der Waals surface area contributed by atoms with E-state index in [1.807, 2.05) is 0 Å². The number of halogens is 1. The van der Waals surface area contributed by atoms with Gasteiger partial charge in [-0.25, -0.2) is 17.8 Å². The molecular formula is C18H16FN3O3S2. The van der Waals surface area contributed by atoms with Crippen LogP contribution < -0.4 is 10.6 Å². The van der Waals surface area contributed by atoms with Gasteiger partial charge in [0.05, 0.1) is 4.90 Å². The van der Waals surface area contributed by atoms with Crippen LogP contribution in [-0.2, 0) is 16.4 Å². The maximum Gasteiger partial charge on any atom is 0.271 e. The van der Waals surface area contributed by atoms with E-state index in [9.17, 15) is 17.6 Å². The van der Waals surface area contributed by atoms with E-state index in [0.717, 1.165) is 11.8 Å². The summed E-state index contributed by atoms with van der Waals surface area (Å²) in [6, 6.07) is 12.1. The Morgan fingerprint density at radius 2 is 1.78 bits per heavy atom. The van der Waals surface area contributed by atoms with Gasteiger partial charge < -0.3 is 10.6 Å². The van der Waals surface area contributed by atoms with Gasteiger partial charge in [0.1, 0.15) is 11.5 Å². The minimum atomic E-state index is -3.25. The molecule has 27 heavy (non-hydrogen) atoms. The summed E-state index contributed by atoms with van der Waals surface area (Å²) in [5.74, 6) is -0.666. The predicted octanol–water partition coefficient (Wildman–Crippen LogP) is 3.36. The van der Waals surface area contributed by atoms with Crippen LogP contribution in [0.1, 0.15) is 16.1 Å². The minimum Gasteiger partial charge on any atom is -0.347 e. The average molecular weight is 405 g/mol. The van der Waals surface area contributed by atoms with E-state index in [0.29, 0.717) is 10.8 Å². The van der Waals surface area contributed by atoms with Crippen LogP contribution in [0.5, 0.6) is 0 Å². The van der Waals surface area contributed by atoms with Gasteiger partial charge in [-0.15, -0.1) is 11.3 Å². The number of nitrogens with zero attached hydrogens (tertiary/aromatic N) is 1. The van der Waals surface area contributed by atoms with E-state index in [2.05, 4.69) is 15.6 Å². The monoisotopic (exact) mass is 405 g/mol. The number of rotatable bonds is 6. The van der Waals surface area contributed by atoms with E-state index in [1.54, 1.807) is 29.6 Å². The lowest BCUT2D eigenvalue weighted by Crippen LogP contribution is -2.23. The molecule has 3 rings (SSSR count). The summed E-state index contributed by atoms with van der Waals surface area (Å²) in [7, 11) is -3.25. The zero-order valence-electron chi connectivity index (χ0n) is 14.3. The molecular weight excluding hydrogens is 389 g/mol. The molecule has 2 aromatic carbocycles. The van der Waals surface area contributed by atoms with Crippen LogP contribution in [0.25, 0.3) is 0 Å². The minimum absolute atomic E-state index is 0.230. The lowest BCUT2D eigenvalue weighted by molar-refractivity contribution is 0.0946. The Morgan fingerprint density at radius 1 is 1.11 bits per heavy atom. The Labute approximate surface area is 160 Å². The van der Waals surface area contributed by atoms with Gasteiger partial charge in [-0.05, 0) is 42.0 Å². The van der Waals surface area contributed by atoms with Gasteiger partial charge in [-0.3, -0.25) is 4.79 Å². The fourth-order valence-electron chi connectivity index (χ4n) is 2.22. The average Bonchev–Trinajstić information content (AvgIpc) is 3.09. The molecule has 140 valence electrons. The van der Waals surface area contributed by atoms with Crippen molar-refractivity contribution in [3.8, 4) is 0 Å². The van der Waals surface area contributed by atoms with E-state index in [1.165, 1.54) is 35.6 Å². The van der Waals surface area contributed by atoms with Crippen LogP contribution >= 0.6 is 11.3 Å². The maximum absolute atomic E-state index is 12.9. The molecule has 0 unspecified atom stereocenters. The summed E-state index contributed by atoms with van der Waals surface area (Å²) in [6.45, 7) is 0.270. The Morgan fingerprint density at radius 3 is 2.41 bits per heavy atom. The summed E-state index contributed by atoms with van der Waals surface area (Å²) < 4.78 is 35.8. The van der Waals surface area contributed by atoms with Crippen LogP contribution in [0.3, 0.4) is 0 Å². The molecule has 0 saturated heterocycles. The number of hydrogen-bond acceptors (Lipinski definition) is 6. The molecule has 0 spiro atoms. The molecule has 9 heteroatoms. The number of sulfone groups is 1. The second kappa shape index (κ2) is 7.85. The van der Waals surface area contributed by atoms with Gasteiger partial charge >= 0.3 is 0 Å². The maximum atomic E-state index is 12.9. The third kappa shape index (κ3) is 5.11. The zero-order chi connectivity index (χ0) is 19.4. The first-order valence-corrected chi connectivity index (χ1v) is 10.6. The van der Waals surface area contributed by atoms with E-state index >= 15 is 0 Å². The largest absolute Gasteiger partial charge is 0.347 e. The second-order valence-corrected chi connectivity index (χ2v) is 8.64. The summed E-state index contributed by atoms with van der Waals surface area (Å²) in [4.78, 5) is 16.6. The van der Waals surface area contributed by atoms with Crippen LogP contribution in [0.4, 0.5) is 15.2 Å². The lowest BCUT2D eigenvalue weighted by atomic mass is 10.2. The van der Waals surface area contributed by atoms with Crippen molar-refractivity contribution in [3.05, 3.63) is 71.0 Å². The molecule has 1 amide bonds. The number of aromatic nitrogens is 1. The van der Waals surface area contributed by atoms with Crippen molar-refractivity contribution in [2.75, 3.05) is 11.6 Å². The number of carbonyl (C=O) groups excluding carboxylic acids is 1. The van der Waals surface area contributed by atoms with Crippen molar-refractivity contribution in [2.45, 2.75) is 11.4 Å². The van der Waals surface area contributed by atoms with Crippen molar-refractivity contribution in [2.24, 2.45) is 0 Å². The number of thiazole rings is 1. The summed E-state index contributed by atoms with van der Waals surface area (Å²) in [5, 5.41) is 7.88. The molecule has 1 aromatic heterocycles. The van der Waals surface area contributed by atoms with Gasteiger partial charge in [0.2, 0.25) is 0 Å². The van der Waals surface area contributed by atoms with Crippen molar-refractivity contribution in [1.29, 1.82) is 0 Å². The third-order valence-electron chi connectivity index (χ3n) is 3.64. The van der Waals surface area contributed by atoms with Gasteiger partial charge in [-0.2, -0.15) is 0 Å². The molecule has 0 atom stereocenters. The molecule has 2 N–H and O–H groups in total. The van der Waals surface area contributed by atoms with Crippen molar-refractivity contribution < 1.29 is 17.6 Å². The van der Waals surface area contributed by atoms with Gasteiger partial charge in [-0.1, -0.05) is 12.1 Å². The standard InChI is InChI=1S/C18H16FN3O3S2/c1-27(24,25)15-8-6-14(7-9-15)21-18-22-16(11-26-18)17(23)20-10-12-2-4-13(19)5-3-12/h2-9,11H,10H2,1H3,(H,20,23)(H,21,22). The molecule has 0 aliphatic rings. The number of nitrogens with one attached hydrogen (secondary N) is 2. The Balaban J connectivity index is 1.60. The number of benzene rings is 2. The molecule has 0 bridgehead atoms. The topological polar surface area (TPSA) is 88.2 Å². The van der Waals surface area contributed by atoms with Crippen molar-refractivity contribution in [1.82, 2.24) is 10.3 Å². The van der Waals surface area contributed by atoms with Gasteiger partial charge in [0.25, 0.3) is 5.91 Å². The quantitative estimate of drug-likeness (QED) is 0.657. The van der Waals surface area contributed by atoms with Crippen LogP contribution in [0.2, 0.25) is 0 Å². The SMILES string of the molecule is CS(=O)(=O)c1ccc(Nc2nc(C(=O)NCc3ccc(F)cc3)cs2)cc1. The second-order valence-electron chi connectivity index (χ2n) is 5.77. The van der Waals surface area contributed by atoms with Crippen molar-refractivity contribution in [3.63, 3.8) is 0 Å². The first-order chi connectivity index (χ1) is 12.8. The Hall–Kier alpha value is -2.78. The highest BCUT2D eigenvalue weighted by atomic mass is 32.2. The highest BCUT2D eigenvalue weighted by Gasteiger charge is 2.11. The fraction of sp³-hybridized carbons (Fsp3) is 0.111. The lowest BCUT2D eigenvalue weighted by Gasteiger charge is -2.04. The smallest absolute Gasteiger partial charge is 0.271 e. The molecule has 3 aromatic rings. The van der Waals surface area contributed by atoms with Crippen LogP contribution in [0, 0.1) is 5.82 Å². The number of carbonyl (C=O) groups is 1. The van der Waals surface area contributed by atoms with E-state index in [4.69, 9.17) is 0 Å². The first kappa shape index (κ1) is 19.0. The fourth-order valence-corrected chi connectivity index (χ4v) is 3.56. The molecule has 1 heterocycles. The molecule has 0 aliphatic heterocycles. The molecule has 0 radical (unpaired) electrons. The summed E-state index contributed by atoms with van der Waals surface area (Å²) in [6.07, 6.45) is 1.15. The van der Waals surface area contributed by atoms with Crippen molar-refractivity contribution >= 4 is 37.9 Å². The van der Waals surface area contributed by atoms with E-state index < -0.39 is 9.84 Å². The highest BCUT2D eigenvalue weighted by molar-refractivity contribution is 7.90. The normalized spacial score (nSPS) is 11.2.